The molecule has 1 aliphatic carbocycles. The SMILES string of the molecule is CC(O)CCC(=O)C1CC1. The van der Waals surface area contributed by atoms with Crippen molar-refractivity contribution in [2.45, 2.75) is 38.7 Å². The summed E-state index contributed by atoms with van der Waals surface area (Å²) in [5.74, 6) is 0.708. The normalized spacial score (nSPS) is 20.6. The van der Waals surface area contributed by atoms with Crippen molar-refractivity contribution >= 4 is 5.78 Å². The zero-order valence-electron chi connectivity index (χ0n) is 6.34. The first kappa shape index (κ1) is 7.73. The number of aliphatic hydroxyl groups excluding tert-OH is 1. The molecular formula is C8H14O2. The Hall–Kier alpha value is -0.370. The highest BCUT2D eigenvalue weighted by Crippen LogP contribution is 2.31. The maximum Gasteiger partial charge on any atom is 0.136 e. The highest BCUT2D eigenvalue weighted by molar-refractivity contribution is 5.83. The molecule has 10 heavy (non-hydrogen) atoms. The summed E-state index contributed by atoms with van der Waals surface area (Å²) in [7, 11) is 0. The Morgan fingerprint density at radius 2 is 2.30 bits per heavy atom. The van der Waals surface area contributed by atoms with Gasteiger partial charge in [-0.15, -0.1) is 0 Å². The van der Waals surface area contributed by atoms with E-state index in [2.05, 4.69) is 0 Å². The molecule has 0 radical (unpaired) electrons. The Balaban J connectivity index is 2.06. The van der Waals surface area contributed by atoms with Crippen LogP contribution in [0.4, 0.5) is 0 Å². The summed E-state index contributed by atoms with van der Waals surface area (Å²) < 4.78 is 0. The van der Waals surface area contributed by atoms with Crippen LogP contribution >= 0.6 is 0 Å². The van der Waals surface area contributed by atoms with Gasteiger partial charge >= 0.3 is 0 Å². The fourth-order valence-electron chi connectivity index (χ4n) is 0.961. The van der Waals surface area contributed by atoms with E-state index in [9.17, 15) is 4.79 Å². The van der Waals surface area contributed by atoms with Gasteiger partial charge in [-0.25, -0.2) is 0 Å². The predicted molar refractivity (Wildman–Crippen MR) is 38.6 cm³/mol. The Morgan fingerprint density at radius 3 is 2.70 bits per heavy atom. The van der Waals surface area contributed by atoms with Gasteiger partial charge in [0.15, 0.2) is 0 Å². The molecule has 1 N–H and O–H groups in total. The first-order valence-electron chi connectivity index (χ1n) is 3.91. The maximum atomic E-state index is 11.0. The van der Waals surface area contributed by atoms with Crippen LogP contribution in [0.2, 0.25) is 0 Å². The number of hydrogen-bond acceptors (Lipinski definition) is 2. The van der Waals surface area contributed by atoms with Crippen molar-refractivity contribution in [2.75, 3.05) is 0 Å². The van der Waals surface area contributed by atoms with E-state index in [0.29, 0.717) is 24.5 Å². The molecule has 58 valence electrons. The van der Waals surface area contributed by atoms with E-state index in [0.717, 1.165) is 12.8 Å². The molecule has 0 saturated heterocycles. The van der Waals surface area contributed by atoms with Crippen LogP contribution in [0.5, 0.6) is 0 Å². The second-order valence-electron chi connectivity index (χ2n) is 3.13. The quantitative estimate of drug-likeness (QED) is 0.638. The number of carbonyl (C=O) groups excluding carboxylic acids is 1. The van der Waals surface area contributed by atoms with Gasteiger partial charge in [-0.05, 0) is 26.2 Å². The maximum absolute atomic E-state index is 11.0. The summed E-state index contributed by atoms with van der Waals surface area (Å²) in [5.41, 5.74) is 0. The summed E-state index contributed by atoms with van der Waals surface area (Å²) in [6.45, 7) is 1.72. The summed E-state index contributed by atoms with van der Waals surface area (Å²) in [6, 6.07) is 0. The third-order valence-electron chi connectivity index (χ3n) is 1.84. The van der Waals surface area contributed by atoms with Gasteiger partial charge in [0.1, 0.15) is 5.78 Å². The van der Waals surface area contributed by atoms with Gasteiger partial charge in [-0.2, -0.15) is 0 Å². The van der Waals surface area contributed by atoms with Crippen molar-refractivity contribution < 1.29 is 9.90 Å². The summed E-state index contributed by atoms with van der Waals surface area (Å²) >= 11 is 0. The lowest BCUT2D eigenvalue weighted by molar-refractivity contribution is -0.120. The third kappa shape index (κ3) is 2.48. The topological polar surface area (TPSA) is 37.3 Å². The van der Waals surface area contributed by atoms with E-state index < -0.39 is 0 Å². The van der Waals surface area contributed by atoms with Crippen LogP contribution in [0.3, 0.4) is 0 Å². The third-order valence-corrected chi connectivity index (χ3v) is 1.84. The monoisotopic (exact) mass is 142 g/mol. The van der Waals surface area contributed by atoms with Crippen molar-refractivity contribution in [3.63, 3.8) is 0 Å². The smallest absolute Gasteiger partial charge is 0.136 e. The molecule has 1 unspecified atom stereocenters. The molecule has 0 bridgehead atoms. The van der Waals surface area contributed by atoms with Crippen LogP contribution in [-0.2, 0) is 4.79 Å². The molecule has 1 aliphatic rings. The van der Waals surface area contributed by atoms with E-state index in [4.69, 9.17) is 5.11 Å². The zero-order valence-corrected chi connectivity index (χ0v) is 6.34. The van der Waals surface area contributed by atoms with Gasteiger partial charge in [-0.3, -0.25) is 4.79 Å². The Labute approximate surface area is 61.2 Å². The van der Waals surface area contributed by atoms with E-state index >= 15 is 0 Å². The molecule has 0 aromatic rings. The minimum absolute atomic E-state index is 0.317. The van der Waals surface area contributed by atoms with Crippen molar-refractivity contribution in [2.24, 2.45) is 5.92 Å². The van der Waals surface area contributed by atoms with Crippen molar-refractivity contribution in [1.29, 1.82) is 0 Å². The number of aliphatic hydroxyl groups is 1. The van der Waals surface area contributed by atoms with E-state index in [1.54, 1.807) is 6.92 Å². The van der Waals surface area contributed by atoms with E-state index in [-0.39, 0.29) is 6.10 Å². The lowest BCUT2D eigenvalue weighted by Gasteiger charge is -2.00. The standard InChI is InChI=1S/C8H14O2/c1-6(9)2-5-8(10)7-3-4-7/h6-7,9H,2-5H2,1H3. The number of rotatable bonds is 4. The van der Waals surface area contributed by atoms with Gasteiger partial charge < -0.3 is 5.11 Å². The highest BCUT2D eigenvalue weighted by Gasteiger charge is 2.28. The van der Waals surface area contributed by atoms with Crippen molar-refractivity contribution in [1.82, 2.24) is 0 Å². The van der Waals surface area contributed by atoms with Crippen LogP contribution < -0.4 is 0 Å². The first-order chi connectivity index (χ1) is 4.70. The Bertz CT molecular complexity index is 125. The Morgan fingerprint density at radius 1 is 1.70 bits per heavy atom. The van der Waals surface area contributed by atoms with Crippen LogP contribution in [0.1, 0.15) is 32.6 Å². The molecule has 0 heterocycles. The average Bonchev–Trinajstić information content (AvgIpc) is 2.63. The highest BCUT2D eigenvalue weighted by atomic mass is 16.3. The van der Waals surface area contributed by atoms with E-state index in [1.165, 1.54) is 0 Å². The molecule has 0 aromatic carbocycles. The van der Waals surface area contributed by atoms with Crippen molar-refractivity contribution in [3.05, 3.63) is 0 Å². The molecule has 0 spiro atoms. The predicted octanol–water partition coefficient (Wildman–Crippen LogP) is 1.13. The van der Waals surface area contributed by atoms with E-state index in [1.807, 2.05) is 0 Å². The lowest BCUT2D eigenvalue weighted by Crippen LogP contribution is -2.06. The number of ketones is 1. The number of Topliss-reactive ketones (excluding diaryl/α,β-unsaturated/α-hetero) is 1. The molecule has 0 amide bonds. The van der Waals surface area contributed by atoms with Gasteiger partial charge in [0.05, 0.1) is 6.10 Å². The molecule has 2 nitrogen and oxygen atoms in total. The molecule has 2 heteroatoms. The minimum Gasteiger partial charge on any atom is -0.393 e. The van der Waals surface area contributed by atoms with Crippen molar-refractivity contribution in [3.8, 4) is 0 Å². The van der Waals surface area contributed by atoms with Gasteiger partial charge in [-0.1, -0.05) is 0 Å². The van der Waals surface area contributed by atoms with Crippen LogP contribution in [-0.4, -0.2) is 17.0 Å². The van der Waals surface area contributed by atoms with Crippen LogP contribution in [0, 0.1) is 5.92 Å². The fourth-order valence-corrected chi connectivity index (χ4v) is 0.961. The fraction of sp³-hybridized carbons (Fsp3) is 0.875. The molecular weight excluding hydrogens is 128 g/mol. The van der Waals surface area contributed by atoms with Gasteiger partial charge in [0.2, 0.25) is 0 Å². The molecule has 1 rings (SSSR count). The molecule has 1 fully saturated rings. The summed E-state index contributed by atoms with van der Waals surface area (Å²) in [5, 5.41) is 8.85. The molecule has 1 saturated carbocycles. The summed E-state index contributed by atoms with van der Waals surface area (Å²) in [4.78, 5) is 11.0. The number of carbonyl (C=O) groups is 1. The molecule has 1 atom stereocenters. The lowest BCUT2D eigenvalue weighted by atomic mass is 10.1. The van der Waals surface area contributed by atoms with Gasteiger partial charge in [0, 0.05) is 12.3 Å². The van der Waals surface area contributed by atoms with Crippen LogP contribution in [0.25, 0.3) is 0 Å². The van der Waals surface area contributed by atoms with Crippen LogP contribution in [0.15, 0.2) is 0 Å². The Kier molecular flexibility index (Phi) is 2.44. The van der Waals surface area contributed by atoms with Gasteiger partial charge in [0.25, 0.3) is 0 Å². The second kappa shape index (κ2) is 3.15. The number of hydrogen-bond donors (Lipinski definition) is 1. The minimum atomic E-state index is -0.317. The second-order valence-corrected chi connectivity index (χ2v) is 3.13. The largest absolute Gasteiger partial charge is 0.393 e. The molecule has 0 aliphatic heterocycles. The summed E-state index contributed by atoms with van der Waals surface area (Å²) in [6.07, 6.45) is 3.05. The average molecular weight is 142 g/mol. The first-order valence-corrected chi connectivity index (χ1v) is 3.91. The zero-order chi connectivity index (χ0) is 7.56. The molecule has 0 aromatic heterocycles.